The Bertz CT molecular complexity index is 796. The quantitative estimate of drug-likeness (QED) is 0.652. The smallest absolute Gasteiger partial charge is 0.240 e. The predicted molar refractivity (Wildman–Crippen MR) is 98.9 cm³/mol. The lowest BCUT2D eigenvalue weighted by Crippen LogP contribution is -2.19. The molecule has 0 aliphatic heterocycles. The number of fused-ring (bicyclic) bond motifs is 1. The van der Waals surface area contributed by atoms with Crippen molar-refractivity contribution in [3.05, 3.63) is 59.1 Å². The van der Waals surface area contributed by atoms with Crippen molar-refractivity contribution >= 4 is 22.5 Å². The predicted octanol–water partition coefficient (Wildman–Crippen LogP) is 3.87. The zero-order chi connectivity index (χ0) is 16.9. The fourth-order valence-electron chi connectivity index (χ4n) is 2.58. The summed E-state index contributed by atoms with van der Waals surface area (Å²) in [5.74, 6) is 0.712. The van der Waals surface area contributed by atoms with E-state index in [1.165, 1.54) is 5.56 Å². The van der Waals surface area contributed by atoms with E-state index in [0.717, 1.165) is 35.4 Å². The van der Waals surface area contributed by atoms with Gasteiger partial charge >= 0.3 is 0 Å². The van der Waals surface area contributed by atoms with E-state index in [2.05, 4.69) is 34.3 Å². The Labute approximate surface area is 147 Å². The van der Waals surface area contributed by atoms with Crippen molar-refractivity contribution in [2.75, 3.05) is 27.2 Å². The molecular weight excluding hydrogens is 322 g/mol. The van der Waals surface area contributed by atoms with Gasteiger partial charge in [-0.15, -0.1) is 5.10 Å². The molecule has 1 aromatic heterocycles. The summed E-state index contributed by atoms with van der Waals surface area (Å²) >= 11 is 5.94. The van der Waals surface area contributed by atoms with E-state index in [-0.39, 0.29) is 0 Å². The van der Waals surface area contributed by atoms with Crippen molar-refractivity contribution in [3.8, 4) is 5.88 Å². The van der Waals surface area contributed by atoms with Crippen LogP contribution in [0.2, 0.25) is 5.02 Å². The van der Waals surface area contributed by atoms with Crippen LogP contribution in [-0.2, 0) is 13.0 Å². The summed E-state index contributed by atoms with van der Waals surface area (Å²) in [5, 5.41) is 6.49. The second-order valence-electron chi connectivity index (χ2n) is 6.07. The van der Waals surface area contributed by atoms with Crippen LogP contribution in [0.25, 0.3) is 10.9 Å². The van der Waals surface area contributed by atoms with Gasteiger partial charge in [0, 0.05) is 18.1 Å². The summed E-state index contributed by atoms with van der Waals surface area (Å²) in [6.45, 7) is 2.30. The van der Waals surface area contributed by atoms with Crippen LogP contribution in [0.3, 0.4) is 0 Å². The number of likely N-dealkylation sites (N-methyl/N-ethyl adjacent to an activating group) is 1. The highest BCUT2D eigenvalue weighted by Crippen LogP contribution is 2.25. The highest BCUT2D eigenvalue weighted by Gasteiger charge is 2.11. The molecule has 0 spiro atoms. The van der Waals surface area contributed by atoms with Gasteiger partial charge in [-0.2, -0.15) is 0 Å². The van der Waals surface area contributed by atoms with E-state index in [9.17, 15) is 0 Å². The number of aromatic nitrogens is 2. The molecule has 4 nitrogen and oxygen atoms in total. The van der Waals surface area contributed by atoms with Crippen LogP contribution >= 0.6 is 11.6 Å². The first-order valence-electron chi connectivity index (χ1n) is 8.11. The highest BCUT2D eigenvalue weighted by atomic mass is 35.5. The summed E-state index contributed by atoms with van der Waals surface area (Å²) < 4.78 is 7.91. The van der Waals surface area contributed by atoms with Gasteiger partial charge in [-0.05, 0) is 50.3 Å². The lowest BCUT2D eigenvalue weighted by atomic mass is 10.1. The third-order valence-corrected chi connectivity index (χ3v) is 4.18. The van der Waals surface area contributed by atoms with Crippen LogP contribution in [0.1, 0.15) is 5.56 Å². The Morgan fingerprint density at radius 3 is 2.58 bits per heavy atom. The van der Waals surface area contributed by atoms with E-state index >= 15 is 0 Å². The average molecular weight is 344 g/mol. The Balaban J connectivity index is 1.76. The summed E-state index contributed by atoms with van der Waals surface area (Å²) in [4.78, 5) is 2.10. The Morgan fingerprint density at radius 2 is 1.83 bits per heavy atom. The van der Waals surface area contributed by atoms with Gasteiger partial charge in [-0.25, -0.2) is 0 Å². The molecule has 0 fully saturated rings. The highest BCUT2D eigenvalue weighted by molar-refractivity contribution is 6.30. The van der Waals surface area contributed by atoms with Crippen molar-refractivity contribution in [2.24, 2.45) is 0 Å². The molecule has 1 heterocycles. The maximum atomic E-state index is 5.94. The maximum Gasteiger partial charge on any atom is 0.240 e. The van der Waals surface area contributed by atoms with Gasteiger partial charge in [-0.3, -0.25) is 4.68 Å². The number of para-hydroxylation sites is 1. The number of hydrogen-bond acceptors (Lipinski definition) is 3. The maximum absolute atomic E-state index is 5.94. The first-order chi connectivity index (χ1) is 11.6. The van der Waals surface area contributed by atoms with Crippen LogP contribution in [0.5, 0.6) is 5.88 Å². The van der Waals surface area contributed by atoms with E-state index in [0.29, 0.717) is 12.5 Å². The van der Waals surface area contributed by atoms with Gasteiger partial charge in [-0.1, -0.05) is 35.9 Å². The minimum atomic E-state index is 0.630. The Kier molecular flexibility index (Phi) is 5.38. The van der Waals surface area contributed by atoms with E-state index in [4.69, 9.17) is 16.3 Å². The molecule has 3 aromatic rings. The number of rotatable bonds is 7. The molecular formula is C19H22ClN3O. The molecule has 0 aliphatic carbocycles. The second-order valence-corrected chi connectivity index (χ2v) is 6.51. The molecule has 0 amide bonds. The normalized spacial score (nSPS) is 11.3. The standard InChI is InChI=1S/C19H22ClN3O/c1-22(2)13-14-24-19-17-5-3-4-6-18(17)23(21-19)12-11-15-7-9-16(20)10-8-15/h3-10H,11-14H2,1-2H3. The molecule has 0 atom stereocenters. The molecule has 0 aliphatic rings. The van der Waals surface area contributed by atoms with Gasteiger partial charge in [0.05, 0.1) is 10.9 Å². The van der Waals surface area contributed by atoms with Crippen molar-refractivity contribution in [3.63, 3.8) is 0 Å². The number of nitrogens with zero attached hydrogens (tertiary/aromatic N) is 3. The summed E-state index contributed by atoms with van der Waals surface area (Å²) in [5.41, 5.74) is 2.35. The van der Waals surface area contributed by atoms with Crippen molar-refractivity contribution < 1.29 is 4.74 Å². The molecule has 5 heteroatoms. The lowest BCUT2D eigenvalue weighted by molar-refractivity contribution is 0.253. The van der Waals surface area contributed by atoms with Gasteiger partial charge < -0.3 is 9.64 Å². The minimum Gasteiger partial charge on any atom is -0.475 e. The second kappa shape index (κ2) is 7.69. The average Bonchev–Trinajstić information content (AvgIpc) is 2.92. The van der Waals surface area contributed by atoms with Gasteiger partial charge in [0.1, 0.15) is 6.61 Å². The van der Waals surface area contributed by atoms with Gasteiger partial charge in [0.2, 0.25) is 5.88 Å². The summed E-state index contributed by atoms with van der Waals surface area (Å²) in [7, 11) is 4.07. The number of hydrogen-bond donors (Lipinski definition) is 0. The van der Waals surface area contributed by atoms with Crippen LogP contribution in [0.15, 0.2) is 48.5 Å². The minimum absolute atomic E-state index is 0.630. The molecule has 24 heavy (non-hydrogen) atoms. The SMILES string of the molecule is CN(C)CCOc1nn(CCc2ccc(Cl)cc2)c2ccccc12. The summed E-state index contributed by atoms with van der Waals surface area (Å²) in [6.07, 6.45) is 0.903. The topological polar surface area (TPSA) is 30.3 Å². The first kappa shape index (κ1) is 16.8. The third kappa shape index (κ3) is 4.08. The molecule has 0 bridgehead atoms. The molecule has 0 unspecified atom stereocenters. The molecule has 126 valence electrons. The zero-order valence-electron chi connectivity index (χ0n) is 14.1. The molecule has 2 aromatic carbocycles. The van der Waals surface area contributed by atoms with Crippen LogP contribution in [0.4, 0.5) is 0 Å². The third-order valence-electron chi connectivity index (χ3n) is 3.93. The van der Waals surface area contributed by atoms with Crippen molar-refractivity contribution in [1.29, 1.82) is 0 Å². The zero-order valence-corrected chi connectivity index (χ0v) is 14.8. The Morgan fingerprint density at radius 1 is 1.08 bits per heavy atom. The number of aryl methyl sites for hydroxylation is 2. The van der Waals surface area contributed by atoms with E-state index in [1.807, 2.05) is 43.0 Å². The number of benzene rings is 2. The van der Waals surface area contributed by atoms with E-state index < -0.39 is 0 Å². The lowest BCUT2D eigenvalue weighted by Gasteiger charge is -2.09. The van der Waals surface area contributed by atoms with Crippen LogP contribution in [-0.4, -0.2) is 41.9 Å². The fraction of sp³-hybridized carbons (Fsp3) is 0.316. The molecule has 3 rings (SSSR count). The number of ether oxygens (including phenoxy) is 1. The van der Waals surface area contributed by atoms with Crippen molar-refractivity contribution in [1.82, 2.24) is 14.7 Å². The van der Waals surface area contributed by atoms with Gasteiger partial charge in [0.15, 0.2) is 0 Å². The first-order valence-corrected chi connectivity index (χ1v) is 8.49. The summed E-state index contributed by atoms with van der Waals surface area (Å²) in [6, 6.07) is 16.2. The van der Waals surface area contributed by atoms with Crippen LogP contribution in [0, 0.1) is 0 Å². The fourth-order valence-corrected chi connectivity index (χ4v) is 2.71. The largest absolute Gasteiger partial charge is 0.475 e. The monoisotopic (exact) mass is 343 g/mol. The van der Waals surface area contributed by atoms with E-state index in [1.54, 1.807) is 0 Å². The van der Waals surface area contributed by atoms with Crippen molar-refractivity contribution in [2.45, 2.75) is 13.0 Å². The molecule has 0 radical (unpaired) electrons. The number of halogens is 1. The molecule has 0 saturated heterocycles. The van der Waals surface area contributed by atoms with Gasteiger partial charge in [0.25, 0.3) is 0 Å². The Hall–Kier alpha value is -2.04. The molecule has 0 N–H and O–H groups in total. The van der Waals surface area contributed by atoms with Crippen LogP contribution < -0.4 is 4.74 Å². The molecule has 0 saturated carbocycles.